The maximum atomic E-state index is 12.6. The lowest BCUT2D eigenvalue weighted by Gasteiger charge is -2.17. The summed E-state index contributed by atoms with van der Waals surface area (Å²) in [4.78, 5) is 19.5. The van der Waals surface area contributed by atoms with Crippen LogP contribution in [0.15, 0.2) is 55.1 Å². The van der Waals surface area contributed by atoms with Crippen molar-refractivity contribution in [1.82, 2.24) is 14.5 Å². The highest BCUT2D eigenvalue weighted by Crippen LogP contribution is 2.37. The summed E-state index contributed by atoms with van der Waals surface area (Å²) in [5, 5.41) is 0. The number of fused-ring (bicyclic) bond motifs is 1. The number of ether oxygens (including phenoxy) is 2. The van der Waals surface area contributed by atoms with Gasteiger partial charge in [-0.2, -0.15) is 0 Å². The van der Waals surface area contributed by atoms with Crippen molar-refractivity contribution >= 4 is 16.9 Å². The molecule has 1 amide bonds. The molecule has 0 N–H and O–H groups in total. The molecule has 0 bridgehead atoms. The van der Waals surface area contributed by atoms with Gasteiger partial charge in [0.15, 0.2) is 11.5 Å². The predicted molar refractivity (Wildman–Crippen MR) is 124 cm³/mol. The van der Waals surface area contributed by atoms with Crippen molar-refractivity contribution in [2.24, 2.45) is 0 Å². The molecule has 2 heterocycles. The van der Waals surface area contributed by atoms with Gasteiger partial charge in [-0.3, -0.25) is 4.79 Å². The number of nitrogens with zero attached hydrogens (tertiary/aromatic N) is 3. The van der Waals surface area contributed by atoms with Gasteiger partial charge in [0.25, 0.3) is 0 Å². The summed E-state index contributed by atoms with van der Waals surface area (Å²) in [5.74, 6) is 2.82. The lowest BCUT2D eigenvalue weighted by Crippen LogP contribution is -2.27. The summed E-state index contributed by atoms with van der Waals surface area (Å²) < 4.78 is 13.9. The summed E-state index contributed by atoms with van der Waals surface area (Å²) in [7, 11) is 1.66. The van der Waals surface area contributed by atoms with Gasteiger partial charge in [-0.05, 0) is 49.1 Å². The van der Waals surface area contributed by atoms with Crippen LogP contribution in [0.25, 0.3) is 11.0 Å². The van der Waals surface area contributed by atoms with Crippen LogP contribution in [-0.4, -0.2) is 46.7 Å². The van der Waals surface area contributed by atoms with Crippen LogP contribution in [0.1, 0.15) is 36.6 Å². The number of para-hydroxylation sites is 2. The Kier molecular flexibility index (Phi) is 5.60. The molecular weight excluding hydrogens is 402 g/mol. The number of imidazole rings is 1. The molecule has 32 heavy (non-hydrogen) atoms. The molecule has 2 aliphatic rings. The lowest BCUT2D eigenvalue weighted by atomic mass is 10.1. The number of allylic oxidation sites excluding steroid dienone is 1. The molecule has 1 aromatic heterocycles. The van der Waals surface area contributed by atoms with E-state index in [0.717, 1.165) is 59.7 Å². The van der Waals surface area contributed by atoms with E-state index in [2.05, 4.69) is 22.1 Å². The quantitative estimate of drug-likeness (QED) is 0.473. The second-order valence-electron chi connectivity index (χ2n) is 8.62. The molecule has 2 fully saturated rings. The van der Waals surface area contributed by atoms with Crippen LogP contribution >= 0.6 is 0 Å². The number of aromatic nitrogens is 2. The number of hydrogen-bond donors (Lipinski definition) is 0. The molecule has 1 aliphatic heterocycles. The normalized spacial score (nSPS) is 18.3. The van der Waals surface area contributed by atoms with Crippen molar-refractivity contribution < 1.29 is 14.3 Å². The first-order chi connectivity index (χ1) is 15.7. The average molecular weight is 432 g/mol. The van der Waals surface area contributed by atoms with E-state index in [1.54, 1.807) is 7.11 Å². The average Bonchev–Trinajstić information content (AvgIpc) is 3.48. The molecule has 6 heteroatoms. The third kappa shape index (κ3) is 3.97. The molecule has 1 aliphatic carbocycles. The van der Waals surface area contributed by atoms with Gasteiger partial charge in [-0.15, -0.1) is 6.58 Å². The van der Waals surface area contributed by atoms with Crippen LogP contribution in [-0.2, 0) is 17.8 Å². The minimum atomic E-state index is 0.128. The Morgan fingerprint density at radius 2 is 2.03 bits per heavy atom. The Morgan fingerprint density at radius 1 is 1.19 bits per heavy atom. The molecule has 0 radical (unpaired) electrons. The first-order valence-electron chi connectivity index (χ1n) is 11.3. The summed E-state index contributed by atoms with van der Waals surface area (Å²) in [6.45, 7) is 5.70. The third-order valence-electron chi connectivity index (χ3n) is 6.38. The highest BCUT2D eigenvalue weighted by atomic mass is 16.5. The Hall–Kier alpha value is -3.28. The number of likely N-dealkylation sites (tertiary alicyclic amines) is 1. The zero-order valence-electron chi connectivity index (χ0n) is 18.5. The largest absolute Gasteiger partial charge is 0.493 e. The SMILES string of the molecule is C=CCc1ccc(OCCn2c(C3CC(=O)N(C4CC4)C3)nc3ccccc32)c(OC)c1. The maximum Gasteiger partial charge on any atom is 0.223 e. The number of rotatable bonds is 9. The standard InChI is InChI=1S/C26H29N3O3/c1-3-6-18-9-12-23(24(15-18)31-2)32-14-13-28-22-8-5-4-7-21(22)27-26(28)19-16-25(30)29(17-19)20-10-11-20/h3-5,7-9,12,15,19-20H,1,6,10-11,13-14,16-17H2,2H3. The molecule has 1 atom stereocenters. The van der Waals surface area contributed by atoms with Crippen LogP contribution in [0, 0.1) is 0 Å². The molecule has 2 aromatic carbocycles. The maximum absolute atomic E-state index is 12.6. The molecule has 1 saturated heterocycles. The van der Waals surface area contributed by atoms with Crippen molar-refractivity contribution in [3.63, 3.8) is 0 Å². The predicted octanol–water partition coefficient (Wildman–Crippen LogP) is 4.33. The zero-order valence-corrected chi connectivity index (χ0v) is 18.5. The molecule has 3 aromatic rings. The Balaban J connectivity index is 1.36. The van der Waals surface area contributed by atoms with Gasteiger partial charge in [-0.1, -0.05) is 24.3 Å². The smallest absolute Gasteiger partial charge is 0.223 e. The van der Waals surface area contributed by atoms with E-state index in [4.69, 9.17) is 14.5 Å². The number of methoxy groups -OCH3 is 1. The molecule has 6 nitrogen and oxygen atoms in total. The van der Waals surface area contributed by atoms with Gasteiger partial charge in [0.05, 0.1) is 24.7 Å². The third-order valence-corrected chi connectivity index (χ3v) is 6.38. The zero-order chi connectivity index (χ0) is 22.1. The highest BCUT2D eigenvalue weighted by molar-refractivity contribution is 5.81. The number of benzene rings is 2. The minimum absolute atomic E-state index is 0.128. The Bertz CT molecular complexity index is 1150. The van der Waals surface area contributed by atoms with E-state index in [1.165, 1.54) is 0 Å². The summed E-state index contributed by atoms with van der Waals surface area (Å²) >= 11 is 0. The monoisotopic (exact) mass is 431 g/mol. The molecule has 1 unspecified atom stereocenters. The van der Waals surface area contributed by atoms with E-state index in [0.29, 0.717) is 25.6 Å². The summed E-state index contributed by atoms with van der Waals surface area (Å²) in [6.07, 6.45) is 5.48. The van der Waals surface area contributed by atoms with Crippen molar-refractivity contribution in [2.45, 2.75) is 44.2 Å². The van der Waals surface area contributed by atoms with Crippen LogP contribution in [0.4, 0.5) is 0 Å². The van der Waals surface area contributed by atoms with Gasteiger partial charge in [-0.25, -0.2) is 4.98 Å². The lowest BCUT2D eigenvalue weighted by molar-refractivity contribution is -0.128. The Labute approximate surface area is 188 Å². The number of amides is 1. The van der Waals surface area contributed by atoms with Crippen LogP contribution in [0.2, 0.25) is 0 Å². The summed E-state index contributed by atoms with van der Waals surface area (Å²) in [5.41, 5.74) is 3.18. The number of carbonyl (C=O) groups is 1. The first kappa shape index (κ1) is 20.6. The van der Waals surface area contributed by atoms with E-state index in [1.807, 2.05) is 42.5 Å². The molecule has 1 saturated carbocycles. The van der Waals surface area contributed by atoms with E-state index >= 15 is 0 Å². The fourth-order valence-corrected chi connectivity index (χ4v) is 4.66. The van der Waals surface area contributed by atoms with E-state index in [9.17, 15) is 4.79 Å². The van der Waals surface area contributed by atoms with Gasteiger partial charge in [0.2, 0.25) is 5.91 Å². The van der Waals surface area contributed by atoms with Crippen molar-refractivity contribution in [2.75, 3.05) is 20.3 Å². The van der Waals surface area contributed by atoms with Gasteiger partial charge in [0, 0.05) is 24.9 Å². The second kappa shape index (κ2) is 8.69. The van der Waals surface area contributed by atoms with E-state index in [-0.39, 0.29) is 11.8 Å². The second-order valence-corrected chi connectivity index (χ2v) is 8.62. The van der Waals surface area contributed by atoms with Crippen molar-refractivity contribution in [1.29, 1.82) is 0 Å². The Morgan fingerprint density at radius 3 is 2.81 bits per heavy atom. The number of hydrogen-bond acceptors (Lipinski definition) is 4. The number of carbonyl (C=O) groups excluding carboxylic acids is 1. The molecule has 0 spiro atoms. The summed E-state index contributed by atoms with van der Waals surface area (Å²) in [6, 6.07) is 14.6. The van der Waals surface area contributed by atoms with Crippen molar-refractivity contribution in [3.8, 4) is 11.5 Å². The van der Waals surface area contributed by atoms with Crippen molar-refractivity contribution in [3.05, 3.63) is 66.5 Å². The van der Waals surface area contributed by atoms with Crippen LogP contribution in [0.3, 0.4) is 0 Å². The van der Waals surface area contributed by atoms with Gasteiger partial charge < -0.3 is 18.9 Å². The molecular formula is C26H29N3O3. The molecule has 166 valence electrons. The highest BCUT2D eigenvalue weighted by Gasteiger charge is 2.41. The van der Waals surface area contributed by atoms with Crippen LogP contribution in [0.5, 0.6) is 11.5 Å². The minimum Gasteiger partial charge on any atom is -0.493 e. The first-order valence-corrected chi connectivity index (χ1v) is 11.3. The van der Waals surface area contributed by atoms with Crippen LogP contribution < -0.4 is 9.47 Å². The van der Waals surface area contributed by atoms with Gasteiger partial charge in [0.1, 0.15) is 12.4 Å². The molecule has 5 rings (SSSR count). The fourth-order valence-electron chi connectivity index (χ4n) is 4.66. The van der Waals surface area contributed by atoms with Gasteiger partial charge >= 0.3 is 0 Å². The van der Waals surface area contributed by atoms with E-state index < -0.39 is 0 Å². The topological polar surface area (TPSA) is 56.6 Å². The fraction of sp³-hybridized carbons (Fsp3) is 0.385.